The number of hydrogen-bond donors (Lipinski definition) is 0. The number of esters is 2. The highest BCUT2D eigenvalue weighted by Gasteiger charge is 2.48. The van der Waals surface area contributed by atoms with E-state index in [4.69, 9.17) is 9.47 Å². The van der Waals surface area contributed by atoms with Crippen LogP contribution >= 0.6 is 0 Å². The lowest BCUT2D eigenvalue weighted by Crippen LogP contribution is -2.35. The first-order chi connectivity index (χ1) is 9.14. The molecule has 6 nitrogen and oxygen atoms in total. The van der Waals surface area contributed by atoms with Crippen molar-refractivity contribution in [2.75, 3.05) is 0 Å². The average molecular weight is 282 g/mol. The van der Waals surface area contributed by atoms with Gasteiger partial charge in [0, 0.05) is 0 Å². The van der Waals surface area contributed by atoms with Gasteiger partial charge in [-0.3, -0.25) is 0 Å². The third kappa shape index (κ3) is 2.73. The third-order valence-corrected chi connectivity index (χ3v) is 2.99. The standard InChI is InChI=1S/C12H16N2O4.C2H6/c1-6-7(15)17-8(13-6)11(2,3)9-14-12(4,5)10(16)18-9;1-2/h6H,1-5H3;1-2H3. The smallest absolute Gasteiger partial charge is 0.340 e. The van der Waals surface area contributed by atoms with Crippen LogP contribution in [0.15, 0.2) is 9.98 Å². The summed E-state index contributed by atoms with van der Waals surface area (Å²) in [5.74, 6) is -0.340. The van der Waals surface area contributed by atoms with Crippen LogP contribution in [0.3, 0.4) is 0 Å². The van der Waals surface area contributed by atoms with E-state index in [1.807, 2.05) is 13.8 Å². The van der Waals surface area contributed by atoms with Crippen LogP contribution in [0.4, 0.5) is 0 Å². The molecule has 2 rings (SSSR count). The van der Waals surface area contributed by atoms with E-state index in [1.54, 1.807) is 34.6 Å². The van der Waals surface area contributed by atoms with Gasteiger partial charge in [-0.05, 0) is 34.6 Å². The quantitative estimate of drug-likeness (QED) is 0.727. The van der Waals surface area contributed by atoms with Gasteiger partial charge in [-0.1, -0.05) is 13.8 Å². The fourth-order valence-corrected chi connectivity index (χ4v) is 1.62. The fraction of sp³-hybridized carbons (Fsp3) is 0.714. The second-order valence-corrected chi connectivity index (χ2v) is 5.52. The molecule has 0 aromatic carbocycles. The number of rotatable bonds is 2. The van der Waals surface area contributed by atoms with Crippen molar-refractivity contribution in [3.05, 3.63) is 0 Å². The number of ether oxygens (including phenoxy) is 2. The van der Waals surface area contributed by atoms with Crippen molar-refractivity contribution in [1.82, 2.24) is 0 Å². The van der Waals surface area contributed by atoms with E-state index in [2.05, 4.69) is 9.98 Å². The highest BCUT2D eigenvalue weighted by atomic mass is 16.6. The summed E-state index contributed by atoms with van der Waals surface area (Å²) in [7, 11) is 0. The van der Waals surface area contributed by atoms with Gasteiger partial charge in [0.1, 0.15) is 11.5 Å². The molecule has 0 spiro atoms. The molecule has 0 saturated carbocycles. The molecule has 112 valence electrons. The molecule has 0 radical (unpaired) electrons. The van der Waals surface area contributed by atoms with Crippen molar-refractivity contribution >= 4 is 23.7 Å². The highest BCUT2D eigenvalue weighted by molar-refractivity contribution is 6.14. The Balaban J connectivity index is 0.000000956. The van der Waals surface area contributed by atoms with E-state index in [0.717, 1.165) is 0 Å². The van der Waals surface area contributed by atoms with Crippen molar-refractivity contribution in [1.29, 1.82) is 0 Å². The molecule has 0 fully saturated rings. The molecule has 2 aliphatic rings. The number of carbonyl (C=O) groups is 2. The van der Waals surface area contributed by atoms with E-state index in [0.29, 0.717) is 0 Å². The van der Waals surface area contributed by atoms with Crippen molar-refractivity contribution in [3.63, 3.8) is 0 Å². The largest absolute Gasteiger partial charge is 0.409 e. The number of cyclic esters (lactones) is 2. The van der Waals surface area contributed by atoms with Gasteiger partial charge < -0.3 is 9.47 Å². The summed E-state index contributed by atoms with van der Waals surface area (Å²) in [6.07, 6.45) is 0. The van der Waals surface area contributed by atoms with Gasteiger partial charge in [-0.25, -0.2) is 19.6 Å². The molecule has 2 aliphatic heterocycles. The van der Waals surface area contributed by atoms with Crippen LogP contribution in [0.2, 0.25) is 0 Å². The molecule has 0 bridgehead atoms. The topological polar surface area (TPSA) is 77.3 Å². The van der Waals surface area contributed by atoms with Gasteiger partial charge in [-0.2, -0.15) is 0 Å². The Morgan fingerprint density at radius 2 is 1.65 bits per heavy atom. The zero-order valence-electron chi connectivity index (χ0n) is 13.1. The van der Waals surface area contributed by atoms with Gasteiger partial charge in [0.2, 0.25) is 11.8 Å². The lowest BCUT2D eigenvalue weighted by atomic mass is 9.93. The maximum atomic E-state index is 11.6. The predicted octanol–water partition coefficient (Wildman–Crippen LogP) is 2.12. The molecular formula is C14H22N2O4. The molecule has 0 saturated heterocycles. The van der Waals surface area contributed by atoms with E-state index in [-0.39, 0.29) is 11.8 Å². The first-order valence-corrected chi connectivity index (χ1v) is 6.77. The van der Waals surface area contributed by atoms with Crippen molar-refractivity contribution in [2.45, 2.75) is 60.0 Å². The number of aliphatic imine (C=N–C) groups is 2. The zero-order valence-corrected chi connectivity index (χ0v) is 13.1. The Labute approximate surface area is 119 Å². The lowest BCUT2D eigenvalue weighted by Gasteiger charge is -2.21. The lowest BCUT2D eigenvalue weighted by molar-refractivity contribution is -0.138. The molecule has 1 atom stereocenters. The minimum absolute atomic E-state index is 0.234. The second-order valence-electron chi connectivity index (χ2n) is 5.52. The van der Waals surface area contributed by atoms with Crippen LogP contribution in [-0.4, -0.2) is 35.3 Å². The SMILES string of the molecule is CC.CC1N=C(C(C)(C)C2=NC(C)(C)C(=O)O2)OC1=O. The number of nitrogens with zero attached hydrogens (tertiary/aromatic N) is 2. The number of hydrogen-bond acceptors (Lipinski definition) is 6. The molecule has 0 amide bonds. The van der Waals surface area contributed by atoms with Crippen LogP contribution in [0.25, 0.3) is 0 Å². The summed E-state index contributed by atoms with van der Waals surface area (Å²) in [5, 5.41) is 0. The fourth-order valence-electron chi connectivity index (χ4n) is 1.62. The van der Waals surface area contributed by atoms with E-state index >= 15 is 0 Å². The van der Waals surface area contributed by atoms with Gasteiger partial charge in [-0.15, -0.1) is 0 Å². The Kier molecular flexibility index (Phi) is 4.36. The number of carbonyl (C=O) groups excluding carboxylic acids is 2. The minimum Gasteiger partial charge on any atom is -0.409 e. The summed E-state index contributed by atoms with van der Waals surface area (Å²) in [6.45, 7) is 12.5. The molecule has 6 heteroatoms. The Bertz CT molecular complexity index is 489. The van der Waals surface area contributed by atoms with Crippen molar-refractivity contribution in [2.24, 2.45) is 15.4 Å². The van der Waals surface area contributed by atoms with Crippen LogP contribution in [-0.2, 0) is 19.1 Å². The third-order valence-electron chi connectivity index (χ3n) is 2.99. The van der Waals surface area contributed by atoms with Crippen LogP contribution < -0.4 is 0 Å². The summed E-state index contributed by atoms with van der Waals surface area (Å²) in [4.78, 5) is 31.3. The molecule has 0 aromatic heterocycles. The predicted molar refractivity (Wildman–Crippen MR) is 75.7 cm³/mol. The maximum Gasteiger partial charge on any atom is 0.340 e. The minimum atomic E-state index is -0.901. The summed E-state index contributed by atoms with van der Waals surface area (Å²) >= 11 is 0. The molecular weight excluding hydrogens is 260 g/mol. The summed E-state index contributed by atoms with van der Waals surface area (Å²) in [6, 6.07) is -0.523. The monoisotopic (exact) mass is 282 g/mol. The van der Waals surface area contributed by atoms with Crippen molar-refractivity contribution < 1.29 is 19.1 Å². The molecule has 0 aliphatic carbocycles. The molecule has 2 heterocycles. The Morgan fingerprint density at radius 1 is 1.10 bits per heavy atom. The first-order valence-electron chi connectivity index (χ1n) is 6.77. The summed E-state index contributed by atoms with van der Waals surface area (Å²) < 4.78 is 10.3. The second kappa shape index (κ2) is 5.34. The van der Waals surface area contributed by atoms with Gasteiger partial charge >= 0.3 is 11.9 Å². The molecule has 0 N–H and O–H groups in total. The maximum absolute atomic E-state index is 11.6. The highest BCUT2D eigenvalue weighted by Crippen LogP contribution is 2.32. The first kappa shape index (κ1) is 16.3. The van der Waals surface area contributed by atoms with Gasteiger partial charge in [0.25, 0.3) is 0 Å². The summed E-state index contributed by atoms with van der Waals surface area (Å²) in [5.41, 5.74) is -1.73. The van der Waals surface area contributed by atoms with Gasteiger partial charge in [0.15, 0.2) is 5.54 Å². The van der Waals surface area contributed by atoms with Crippen LogP contribution in [0.5, 0.6) is 0 Å². The van der Waals surface area contributed by atoms with Gasteiger partial charge in [0.05, 0.1) is 0 Å². The van der Waals surface area contributed by atoms with E-state index < -0.39 is 28.9 Å². The zero-order chi connectivity index (χ0) is 15.7. The normalized spacial score (nSPS) is 24.2. The van der Waals surface area contributed by atoms with Crippen molar-refractivity contribution in [3.8, 4) is 0 Å². The van der Waals surface area contributed by atoms with Crippen LogP contribution in [0.1, 0.15) is 48.5 Å². The molecule has 20 heavy (non-hydrogen) atoms. The average Bonchev–Trinajstić information content (AvgIpc) is 2.84. The van der Waals surface area contributed by atoms with E-state index in [9.17, 15) is 9.59 Å². The van der Waals surface area contributed by atoms with Crippen LogP contribution in [0, 0.1) is 5.41 Å². The molecule has 0 aromatic rings. The molecule has 1 unspecified atom stereocenters. The Hall–Kier alpha value is -1.72. The van der Waals surface area contributed by atoms with E-state index in [1.165, 1.54) is 0 Å². The Morgan fingerprint density at radius 3 is 2.00 bits per heavy atom.